The molecule has 8 heteroatoms. The zero-order chi connectivity index (χ0) is 18.8. The maximum absolute atomic E-state index is 14.1. The van der Waals surface area contributed by atoms with Gasteiger partial charge < -0.3 is 4.90 Å². The second kappa shape index (κ2) is 7.51. The zero-order valence-corrected chi connectivity index (χ0v) is 15.5. The van der Waals surface area contributed by atoms with E-state index in [0.29, 0.717) is 5.02 Å². The molecule has 1 unspecified atom stereocenters. The van der Waals surface area contributed by atoms with Crippen molar-refractivity contribution in [1.82, 2.24) is 9.62 Å². The molecule has 0 heterocycles. The molecule has 0 fully saturated rings. The molecule has 0 saturated carbocycles. The van der Waals surface area contributed by atoms with Crippen molar-refractivity contribution >= 4 is 27.5 Å². The van der Waals surface area contributed by atoms with Gasteiger partial charge in [-0.1, -0.05) is 23.7 Å². The lowest BCUT2D eigenvalue weighted by Gasteiger charge is -2.26. The van der Waals surface area contributed by atoms with Crippen molar-refractivity contribution in [1.29, 1.82) is 0 Å². The van der Waals surface area contributed by atoms with Crippen molar-refractivity contribution in [2.24, 2.45) is 0 Å². The fourth-order valence-electron chi connectivity index (χ4n) is 2.31. The predicted octanol–water partition coefficient (Wildman–Crippen LogP) is 3.22. The Kier molecular flexibility index (Phi) is 5.82. The van der Waals surface area contributed by atoms with Gasteiger partial charge in [0.05, 0.1) is 16.5 Å². The number of halogens is 2. The molecule has 1 atom stereocenters. The first-order chi connectivity index (χ1) is 11.7. The zero-order valence-electron chi connectivity index (χ0n) is 14.0. The van der Waals surface area contributed by atoms with Crippen LogP contribution in [-0.4, -0.2) is 33.3 Å². The van der Waals surface area contributed by atoms with Gasteiger partial charge in [-0.05, 0) is 49.9 Å². The average molecular weight is 385 g/mol. The monoisotopic (exact) mass is 384 g/mol. The number of sulfonamides is 1. The fraction of sp³-hybridized carbons (Fsp3) is 0.235. The molecule has 2 aromatic rings. The molecule has 0 aliphatic rings. The third-order valence-corrected chi connectivity index (χ3v) is 5.63. The van der Waals surface area contributed by atoms with Crippen LogP contribution in [0.4, 0.5) is 4.39 Å². The highest BCUT2D eigenvalue weighted by atomic mass is 35.5. The van der Waals surface area contributed by atoms with Crippen LogP contribution in [0.5, 0.6) is 0 Å². The van der Waals surface area contributed by atoms with Crippen LogP contribution in [0, 0.1) is 5.82 Å². The van der Waals surface area contributed by atoms with E-state index in [1.165, 1.54) is 19.0 Å². The average Bonchev–Trinajstić information content (AvgIpc) is 2.60. The topological polar surface area (TPSA) is 66.5 Å². The SMILES string of the molecule is CNS(=O)(=O)c1ccc(F)c(C(=O)N(C)C(C)c2cccc(Cl)c2)c1. The highest BCUT2D eigenvalue weighted by Crippen LogP contribution is 2.25. The Hall–Kier alpha value is -1.96. The van der Waals surface area contributed by atoms with E-state index in [9.17, 15) is 17.6 Å². The van der Waals surface area contributed by atoms with Gasteiger partial charge in [-0.2, -0.15) is 0 Å². The molecular weight excluding hydrogens is 367 g/mol. The first-order valence-corrected chi connectivity index (χ1v) is 9.29. The molecule has 1 N–H and O–H groups in total. The van der Waals surface area contributed by atoms with Gasteiger partial charge in [-0.3, -0.25) is 4.79 Å². The number of hydrogen-bond donors (Lipinski definition) is 1. The largest absolute Gasteiger partial charge is 0.335 e. The molecule has 0 aliphatic carbocycles. The summed E-state index contributed by atoms with van der Waals surface area (Å²) in [6.45, 7) is 1.77. The first-order valence-electron chi connectivity index (χ1n) is 7.43. The Morgan fingerprint density at radius 3 is 2.52 bits per heavy atom. The minimum atomic E-state index is -3.78. The van der Waals surface area contributed by atoms with Gasteiger partial charge in [0, 0.05) is 12.1 Å². The molecular formula is C17H18ClFN2O3S. The number of hydrogen-bond acceptors (Lipinski definition) is 3. The minimum Gasteiger partial charge on any atom is -0.335 e. The number of carbonyl (C=O) groups is 1. The van der Waals surface area contributed by atoms with Gasteiger partial charge >= 0.3 is 0 Å². The molecule has 1 amide bonds. The molecule has 0 aromatic heterocycles. The lowest BCUT2D eigenvalue weighted by Crippen LogP contribution is -2.30. The van der Waals surface area contributed by atoms with Crippen molar-refractivity contribution < 1.29 is 17.6 Å². The summed E-state index contributed by atoms with van der Waals surface area (Å²) in [5, 5.41) is 0.526. The summed E-state index contributed by atoms with van der Waals surface area (Å²) < 4.78 is 40.0. The van der Waals surface area contributed by atoms with Crippen LogP contribution in [0.2, 0.25) is 5.02 Å². The summed E-state index contributed by atoms with van der Waals surface area (Å²) in [7, 11) is -1.02. The second-order valence-electron chi connectivity index (χ2n) is 5.50. The molecule has 2 aromatic carbocycles. The molecule has 0 aliphatic heterocycles. The Morgan fingerprint density at radius 1 is 1.24 bits per heavy atom. The Morgan fingerprint density at radius 2 is 1.92 bits per heavy atom. The van der Waals surface area contributed by atoms with Crippen molar-refractivity contribution in [3.05, 3.63) is 64.4 Å². The van der Waals surface area contributed by atoms with Crippen LogP contribution in [0.25, 0.3) is 0 Å². The summed E-state index contributed by atoms with van der Waals surface area (Å²) in [6, 6.07) is 9.72. The number of amides is 1. The highest BCUT2D eigenvalue weighted by Gasteiger charge is 2.24. The maximum atomic E-state index is 14.1. The fourth-order valence-corrected chi connectivity index (χ4v) is 3.26. The number of rotatable bonds is 5. The minimum absolute atomic E-state index is 0.177. The van der Waals surface area contributed by atoms with Crippen molar-refractivity contribution in [2.75, 3.05) is 14.1 Å². The van der Waals surface area contributed by atoms with E-state index in [1.807, 2.05) is 0 Å². The number of benzene rings is 2. The lowest BCUT2D eigenvalue weighted by atomic mass is 10.1. The standard InChI is InChI=1S/C17H18ClFN2O3S/c1-11(12-5-4-6-13(18)9-12)21(3)17(22)15-10-14(7-8-16(15)19)25(23,24)20-2/h4-11,20H,1-3H3. The smallest absolute Gasteiger partial charge is 0.257 e. The molecule has 5 nitrogen and oxygen atoms in total. The van der Waals surface area contributed by atoms with Gasteiger partial charge in [-0.25, -0.2) is 17.5 Å². The molecule has 134 valence electrons. The van der Waals surface area contributed by atoms with Crippen LogP contribution >= 0.6 is 11.6 Å². The summed E-state index contributed by atoms with van der Waals surface area (Å²) >= 11 is 5.97. The van der Waals surface area contributed by atoms with E-state index in [2.05, 4.69) is 4.72 Å². The third-order valence-electron chi connectivity index (χ3n) is 3.98. The van der Waals surface area contributed by atoms with Crippen LogP contribution in [-0.2, 0) is 10.0 Å². The van der Waals surface area contributed by atoms with E-state index >= 15 is 0 Å². The van der Waals surface area contributed by atoms with E-state index in [-0.39, 0.29) is 16.5 Å². The Balaban J connectivity index is 2.38. The normalized spacial score (nSPS) is 12.7. The molecule has 0 radical (unpaired) electrons. The number of nitrogens with zero attached hydrogens (tertiary/aromatic N) is 1. The molecule has 25 heavy (non-hydrogen) atoms. The molecule has 0 saturated heterocycles. The lowest BCUT2D eigenvalue weighted by molar-refractivity contribution is 0.0737. The van der Waals surface area contributed by atoms with Gasteiger partial charge in [-0.15, -0.1) is 0 Å². The highest BCUT2D eigenvalue weighted by molar-refractivity contribution is 7.89. The van der Waals surface area contributed by atoms with Crippen LogP contribution < -0.4 is 4.72 Å². The van der Waals surface area contributed by atoms with Crippen molar-refractivity contribution in [3.8, 4) is 0 Å². The molecule has 0 bridgehead atoms. The van der Waals surface area contributed by atoms with Gasteiger partial charge in [0.1, 0.15) is 5.82 Å². The molecule has 2 rings (SSSR count). The first kappa shape index (κ1) is 19.4. The quantitative estimate of drug-likeness (QED) is 0.860. The Bertz CT molecular complexity index is 903. The Labute approximate surface area is 151 Å². The third kappa shape index (κ3) is 4.18. The maximum Gasteiger partial charge on any atom is 0.257 e. The van der Waals surface area contributed by atoms with Gasteiger partial charge in [0.25, 0.3) is 5.91 Å². The van der Waals surface area contributed by atoms with Gasteiger partial charge in [0.2, 0.25) is 10.0 Å². The van der Waals surface area contributed by atoms with Gasteiger partial charge in [0.15, 0.2) is 0 Å². The number of carbonyl (C=O) groups excluding carboxylic acids is 1. The van der Waals surface area contributed by atoms with E-state index in [0.717, 1.165) is 23.8 Å². The summed E-state index contributed by atoms with van der Waals surface area (Å²) in [5.74, 6) is -1.41. The second-order valence-corrected chi connectivity index (χ2v) is 7.82. The van der Waals surface area contributed by atoms with Crippen molar-refractivity contribution in [3.63, 3.8) is 0 Å². The molecule has 0 spiro atoms. The predicted molar refractivity (Wildman–Crippen MR) is 94.6 cm³/mol. The van der Waals surface area contributed by atoms with E-state index < -0.39 is 21.7 Å². The summed E-state index contributed by atoms with van der Waals surface area (Å²) in [6.07, 6.45) is 0. The van der Waals surface area contributed by atoms with E-state index in [4.69, 9.17) is 11.6 Å². The van der Waals surface area contributed by atoms with Crippen LogP contribution in [0.15, 0.2) is 47.4 Å². The number of nitrogens with one attached hydrogen (secondary N) is 1. The van der Waals surface area contributed by atoms with Crippen LogP contribution in [0.3, 0.4) is 0 Å². The van der Waals surface area contributed by atoms with Crippen LogP contribution in [0.1, 0.15) is 28.9 Å². The summed E-state index contributed by atoms with van der Waals surface area (Å²) in [4.78, 5) is 13.8. The summed E-state index contributed by atoms with van der Waals surface area (Å²) in [5.41, 5.74) is 0.468. The van der Waals surface area contributed by atoms with E-state index in [1.54, 1.807) is 31.2 Å². The van der Waals surface area contributed by atoms with Crippen molar-refractivity contribution in [2.45, 2.75) is 17.9 Å².